The molecule has 0 spiro atoms. The van der Waals surface area contributed by atoms with Gasteiger partial charge in [0.15, 0.2) is 0 Å². The Kier molecular flexibility index (Phi) is 5.40. The van der Waals surface area contributed by atoms with Crippen molar-refractivity contribution in [3.63, 3.8) is 0 Å². The average molecular weight is 436 g/mol. The van der Waals surface area contributed by atoms with E-state index < -0.39 is 5.92 Å². The van der Waals surface area contributed by atoms with Crippen LogP contribution in [-0.4, -0.2) is 20.9 Å². The number of anilines is 1. The first-order valence-electron chi connectivity index (χ1n) is 10.6. The van der Waals surface area contributed by atoms with Gasteiger partial charge in [0.1, 0.15) is 16.9 Å². The molecule has 0 aliphatic carbocycles. The zero-order valence-corrected chi connectivity index (χ0v) is 17.9. The van der Waals surface area contributed by atoms with E-state index in [1.54, 1.807) is 12.1 Å². The van der Waals surface area contributed by atoms with Gasteiger partial charge in [0.25, 0.3) is 0 Å². The van der Waals surface area contributed by atoms with Gasteiger partial charge >= 0.3 is 0 Å². The van der Waals surface area contributed by atoms with Crippen LogP contribution in [0.4, 0.5) is 10.1 Å². The predicted molar refractivity (Wildman–Crippen MR) is 127 cm³/mol. The summed E-state index contributed by atoms with van der Waals surface area (Å²) >= 11 is 0. The predicted octanol–water partition coefficient (Wildman–Crippen LogP) is 5.64. The molecule has 0 saturated heterocycles. The number of carbonyl (C=O) groups excluding carboxylic acids is 1. The van der Waals surface area contributed by atoms with Crippen molar-refractivity contribution in [2.45, 2.75) is 12.8 Å². The first kappa shape index (κ1) is 20.6. The fourth-order valence-corrected chi connectivity index (χ4v) is 3.88. The molecule has 162 valence electrons. The Labute approximate surface area is 190 Å². The second-order valence-electron chi connectivity index (χ2n) is 7.87. The Morgan fingerprint density at radius 1 is 0.818 bits per heavy atom. The Morgan fingerprint density at radius 3 is 1.94 bits per heavy atom. The maximum Gasteiger partial charge on any atom is 0.236 e. The van der Waals surface area contributed by atoms with Crippen molar-refractivity contribution >= 4 is 22.6 Å². The summed E-state index contributed by atoms with van der Waals surface area (Å²) in [4.78, 5) is 14.9. The van der Waals surface area contributed by atoms with E-state index in [4.69, 9.17) is 0 Å². The summed E-state index contributed by atoms with van der Waals surface area (Å²) < 4.78 is 13.3. The molecule has 0 aliphatic heterocycles. The van der Waals surface area contributed by atoms with E-state index in [9.17, 15) is 9.18 Å². The molecule has 5 nitrogen and oxygen atoms in total. The standard InChI is InChI=1S/C27H21FN4O/c1-18-16-24-25(31-32(30-24)22-14-12-21(28)13-15-22)17-23(18)29-27(33)26(19-8-4-2-5-9-19)20-10-6-3-7-11-20/h2-17,26H,1H3,(H,29,33). The smallest absolute Gasteiger partial charge is 0.236 e. The first-order valence-corrected chi connectivity index (χ1v) is 10.6. The second-order valence-corrected chi connectivity index (χ2v) is 7.87. The summed E-state index contributed by atoms with van der Waals surface area (Å²) in [5.74, 6) is -0.888. The molecule has 5 aromatic rings. The monoisotopic (exact) mass is 436 g/mol. The fraction of sp³-hybridized carbons (Fsp3) is 0.0741. The van der Waals surface area contributed by atoms with Gasteiger partial charge in [-0.15, -0.1) is 10.2 Å². The molecular weight excluding hydrogens is 415 g/mol. The molecule has 0 saturated carbocycles. The van der Waals surface area contributed by atoms with E-state index >= 15 is 0 Å². The molecule has 0 fully saturated rings. The van der Waals surface area contributed by atoms with Crippen LogP contribution in [-0.2, 0) is 4.79 Å². The lowest BCUT2D eigenvalue weighted by molar-refractivity contribution is -0.116. The van der Waals surface area contributed by atoms with Crippen LogP contribution < -0.4 is 5.32 Å². The summed E-state index contributed by atoms with van der Waals surface area (Å²) in [6, 6.07) is 29.1. The molecule has 6 heteroatoms. The minimum Gasteiger partial charge on any atom is -0.325 e. The van der Waals surface area contributed by atoms with Crippen molar-refractivity contribution in [2.75, 3.05) is 5.32 Å². The largest absolute Gasteiger partial charge is 0.325 e. The summed E-state index contributed by atoms with van der Waals surface area (Å²) in [5.41, 5.74) is 5.37. The maximum absolute atomic E-state index is 13.5. The fourth-order valence-electron chi connectivity index (χ4n) is 3.88. The summed E-state index contributed by atoms with van der Waals surface area (Å²) in [6.07, 6.45) is 0. The Morgan fingerprint density at radius 2 is 1.36 bits per heavy atom. The molecule has 0 unspecified atom stereocenters. The van der Waals surface area contributed by atoms with Crippen LogP contribution in [0.2, 0.25) is 0 Å². The number of carbonyl (C=O) groups is 1. The van der Waals surface area contributed by atoms with Gasteiger partial charge in [0, 0.05) is 5.69 Å². The molecule has 33 heavy (non-hydrogen) atoms. The number of hydrogen-bond donors (Lipinski definition) is 1. The van der Waals surface area contributed by atoms with E-state index in [1.165, 1.54) is 16.9 Å². The zero-order chi connectivity index (χ0) is 22.8. The quantitative estimate of drug-likeness (QED) is 0.388. The highest BCUT2D eigenvalue weighted by Gasteiger charge is 2.23. The van der Waals surface area contributed by atoms with E-state index in [1.807, 2.05) is 79.7 Å². The highest BCUT2D eigenvalue weighted by molar-refractivity contribution is 6.00. The van der Waals surface area contributed by atoms with Gasteiger partial charge in [-0.1, -0.05) is 60.7 Å². The number of nitrogens with one attached hydrogen (secondary N) is 1. The van der Waals surface area contributed by atoms with Gasteiger partial charge < -0.3 is 5.32 Å². The number of amides is 1. The Bertz CT molecular complexity index is 1370. The SMILES string of the molecule is Cc1cc2nn(-c3ccc(F)cc3)nc2cc1NC(=O)C(c1ccccc1)c1ccccc1. The van der Waals surface area contributed by atoms with Crippen molar-refractivity contribution in [2.24, 2.45) is 0 Å². The molecule has 0 radical (unpaired) electrons. The van der Waals surface area contributed by atoms with Crippen LogP contribution in [0.3, 0.4) is 0 Å². The second kappa shape index (κ2) is 8.67. The lowest BCUT2D eigenvalue weighted by Crippen LogP contribution is -2.22. The molecule has 0 bridgehead atoms. The van der Waals surface area contributed by atoms with Crippen molar-refractivity contribution in [1.82, 2.24) is 15.0 Å². The zero-order valence-electron chi connectivity index (χ0n) is 17.9. The van der Waals surface area contributed by atoms with E-state index in [0.717, 1.165) is 16.7 Å². The van der Waals surface area contributed by atoms with Gasteiger partial charge in [-0.25, -0.2) is 4.39 Å². The van der Waals surface area contributed by atoms with Crippen molar-refractivity contribution in [3.05, 3.63) is 120 Å². The minimum atomic E-state index is -0.447. The Balaban J connectivity index is 1.48. The van der Waals surface area contributed by atoms with Gasteiger partial charge in [0.2, 0.25) is 5.91 Å². The van der Waals surface area contributed by atoms with Gasteiger partial charge in [-0.2, -0.15) is 4.80 Å². The van der Waals surface area contributed by atoms with Crippen LogP contribution in [0.1, 0.15) is 22.6 Å². The number of rotatable bonds is 5. The van der Waals surface area contributed by atoms with E-state index in [-0.39, 0.29) is 11.7 Å². The summed E-state index contributed by atoms with van der Waals surface area (Å²) in [5, 5.41) is 12.1. The van der Waals surface area contributed by atoms with Crippen LogP contribution in [0.15, 0.2) is 97.1 Å². The number of aryl methyl sites for hydroxylation is 1. The number of benzene rings is 4. The normalized spacial score (nSPS) is 11.1. The lowest BCUT2D eigenvalue weighted by Gasteiger charge is -2.18. The molecular formula is C27H21FN4O. The summed E-state index contributed by atoms with van der Waals surface area (Å²) in [6.45, 7) is 1.92. The van der Waals surface area contributed by atoms with Crippen molar-refractivity contribution in [3.8, 4) is 5.69 Å². The third-order valence-electron chi connectivity index (χ3n) is 5.57. The third-order valence-corrected chi connectivity index (χ3v) is 5.57. The number of aromatic nitrogens is 3. The van der Waals surface area contributed by atoms with Gasteiger partial charge in [-0.05, 0) is 60.0 Å². The van der Waals surface area contributed by atoms with Gasteiger partial charge in [0.05, 0.1) is 11.6 Å². The third kappa shape index (κ3) is 4.23. The lowest BCUT2D eigenvalue weighted by atomic mass is 9.90. The first-order chi connectivity index (χ1) is 16.1. The molecule has 5 rings (SSSR count). The topological polar surface area (TPSA) is 59.8 Å². The number of hydrogen-bond acceptors (Lipinski definition) is 3. The Hall–Kier alpha value is -4.32. The van der Waals surface area contributed by atoms with E-state index in [2.05, 4.69) is 15.5 Å². The van der Waals surface area contributed by atoms with Gasteiger partial charge in [-0.3, -0.25) is 4.79 Å². The molecule has 1 heterocycles. The van der Waals surface area contributed by atoms with Crippen LogP contribution >= 0.6 is 0 Å². The average Bonchev–Trinajstić information content (AvgIpc) is 3.24. The molecule has 1 N–H and O–H groups in total. The molecule has 0 atom stereocenters. The number of halogens is 1. The molecule has 1 amide bonds. The summed E-state index contributed by atoms with van der Waals surface area (Å²) in [7, 11) is 0. The molecule has 0 aliphatic rings. The molecule has 1 aromatic heterocycles. The van der Waals surface area contributed by atoms with E-state index in [0.29, 0.717) is 22.4 Å². The maximum atomic E-state index is 13.5. The van der Waals surface area contributed by atoms with Crippen molar-refractivity contribution < 1.29 is 9.18 Å². The van der Waals surface area contributed by atoms with Crippen molar-refractivity contribution in [1.29, 1.82) is 0 Å². The van der Waals surface area contributed by atoms with Crippen LogP contribution in [0.5, 0.6) is 0 Å². The number of fused-ring (bicyclic) bond motifs is 1. The van der Waals surface area contributed by atoms with Crippen LogP contribution in [0.25, 0.3) is 16.7 Å². The van der Waals surface area contributed by atoms with Crippen LogP contribution in [0, 0.1) is 12.7 Å². The number of nitrogens with zero attached hydrogens (tertiary/aromatic N) is 3. The molecule has 4 aromatic carbocycles. The highest BCUT2D eigenvalue weighted by atomic mass is 19.1. The highest BCUT2D eigenvalue weighted by Crippen LogP contribution is 2.28. The minimum absolute atomic E-state index is 0.124.